The van der Waals surface area contributed by atoms with Gasteiger partial charge >= 0.3 is 0 Å². The molecule has 1 aliphatic rings. The predicted octanol–water partition coefficient (Wildman–Crippen LogP) is 4.67. The van der Waals surface area contributed by atoms with Gasteiger partial charge in [0.1, 0.15) is 23.4 Å². The highest BCUT2D eigenvalue weighted by molar-refractivity contribution is 5.93. The van der Waals surface area contributed by atoms with E-state index in [2.05, 4.69) is 21.3 Å². The van der Waals surface area contributed by atoms with Crippen LogP contribution < -0.4 is 10.6 Å². The maximum Gasteiger partial charge on any atom is 0.239 e. The summed E-state index contributed by atoms with van der Waals surface area (Å²) in [7, 11) is 0. The molecule has 1 aliphatic carbocycles. The number of nitrogens with zero attached hydrogens (tertiary/aromatic N) is 2. The summed E-state index contributed by atoms with van der Waals surface area (Å²) in [6.07, 6.45) is 5.83. The number of furan rings is 1. The first-order chi connectivity index (χ1) is 13.4. The number of aryl methyl sites for hydroxylation is 1. The second-order valence-electron chi connectivity index (χ2n) is 7.81. The van der Waals surface area contributed by atoms with E-state index < -0.39 is 0 Å². The maximum absolute atomic E-state index is 12.7. The van der Waals surface area contributed by atoms with Crippen LogP contribution in [0.2, 0.25) is 0 Å². The van der Waals surface area contributed by atoms with Gasteiger partial charge in [0.05, 0.1) is 18.2 Å². The Bertz CT molecular complexity index is 881. The zero-order valence-corrected chi connectivity index (χ0v) is 17.3. The van der Waals surface area contributed by atoms with Crippen LogP contribution in [0.4, 0.5) is 5.82 Å². The van der Waals surface area contributed by atoms with Gasteiger partial charge in [0.15, 0.2) is 0 Å². The van der Waals surface area contributed by atoms with Crippen molar-refractivity contribution in [3.63, 3.8) is 0 Å². The highest BCUT2D eigenvalue weighted by Gasteiger charge is 2.26. The minimum atomic E-state index is -0.152. The van der Waals surface area contributed by atoms with Gasteiger partial charge in [-0.2, -0.15) is 5.26 Å². The Kier molecular flexibility index (Phi) is 6.25. The van der Waals surface area contributed by atoms with Crippen LogP contribution in [0.15, 0.2) is 16.5 Å². The van der Waals surface area contributed by atoms with Crippen LogP contribution in [0.3, 0.4) is 0 Å². The number of hydrogen-bond donors (Lipinski definition) is 2. The third-order valence-electron chi connectivity index (χ3n) is 5.82. The summed E-state index contributed by atoms with van der Waals surface area (Å²) < 4.78 is 7.79. The fraction of sp³-hybridized carbons (Fsp3) is 0.545. The highest BCUT2D eigenvalue weighted by Crippen LogP contribution is 2.36. The van der Waals surface area contributed by atoms with E-state index in [4.69, 9.17) is 4.42 Å². The number of nitriles is 1. The molecule has 3 rings (SSSR count). The predicted molar refractivity (Wildman–Crippen MR) is 109 cm³/mol. The molecule has 0 bridgehead atoms. The molecule has 0 aliphatic heterocycles. The summed E-state index contributed by atoms with van der Waals surface area (Å²) in [5.74, 6) is 2.15. The smallest absolute Gasteiger partial charge is 0.239 e. The van der Waals surface area contributed by atoms with Crippen LogP contribution in [-0.4, -0.2) is 17.0 Å². The van der Waals surface area contributed by atoms with Gasteiger partial charge in [0, 0.05) is 11.7 Å². The Morgan fingerprint density at radius 1 is 1.29 bits per heavy atom. The minimum absolute atomic E-state index is 0.0662. The average molecular weight is 383 g/mol. The quantitative estimate of drug-likeness (QED) is 0.760. The topological polar surface area (TPSA) is 83.0 Å². The first kappa shape index (κ1) is 20.2. The summed E-state index contributed by atoms with van der Waals surface area (Å²) in [4.78, 5) is 12.7. The van der Waals surface area contributed by atoms with Crippen molar-refractivity contribution in [1.29, 1.82) is 5.26 Å². The Labute approximate surface area is 166 Å². The second kappa shape index (κ2) is 8.66. The second-order valence-corrected chi connectivity index (χ2v) is 7.81. The van der Waals surface area contributed by atoms with Crippen molar-refractivity contribution < 1.29 is 9.21 Å². The van der Waals surface area contributed by atoms with E-state index >= 15 is 0 Å². The van der Waals surface area contributed by atoms with Crippen LogP contribution in [0.25, 0.3) is 0 Å². The molecule has 2 N–H and O–H groups in total. The molecule has 0 radical (unpaired) electrons. The molecule has 6 nitrogen and oxygen atoms in total. The molecule has 2 aromatic heterocycles. The van der Waals surface area contributed by atoms with E-state index in [1.165, 1.54) is 19.3 Å². The van der Waals surface area contributed by atoms with Crippen molar-refractivity contribution >= 4 is 11.7 Å². The van der Waals surface area contributed by atoms with E-state index in [0.29, 0.717) is 17.4 Å². The molecule has 1 atom stereocenters. The molecule has 28 heavy (non-hydrogen) atoms. The van der Waals surface area contributed by atoms with Crippen molar-refractivity contribution in [2.45, 2.75) is 71.9 Å². The van der Waals surface area contributed by atoms with Gasteiger partial charge in [-0.1, -0.05) is 19.3 Å². The van der Waals surface area contributed by atoms with Crippen LogP contribution in [0.5, 0.6) is 0 Å². The molecule has 0 spiro atoms. The molecule has 1 amide bonds. The number of anilines is 1. The molecule has 2 aromatic rings. The van der Waals surface area contributed by atoms with Crippen LogP contribution in [-0.2, 0) is 4.79 Å². The molecule has 0 aromatic carbocycles. The van der Waals surface area contributed by atoms with Gasteiger partial charge in [-0.25, -0.2) is 0 Å². The molecule has 0 saturated heterocycles. The summed E-state index contributed by atoms with van der Waals surface area (Å²) in [5.41, 5.74) is 2.60. The highest BCUT2D eigenvalue weighted by atomic mass is 16.3. The van der Waals surface area contributed by atoms with E-state index in [0.717, 1.165) is 35.6 Å². The lowest BCUT2D eigenvalue weighted by molar-refractivity contribution is -0.115. The van der Waals surface area contributed by atoms with Gasteiger partial charge in [0.25, 0.3) is 0 Å². The lowest BCUT2D eigenvalue weighted by Crippen LogP contribution is -2.31. The van der Waals surface area contributed by atoms with Gasteiger partial charge in [-0.3, -0.25) is 10.1 Å². The number of carbonyl (C=O) groups excluding carboxylic acids is 1. The fourth-order valence-electron chi connectivity index (χ4n) is 4.09. The van der Waals surface area contributed by atoms with Gasteiger partial charge in [-0.05, 0) is 58.2 Å². The number of aromatic nitrogens is 1. The largest absolute Gasteiger partial charge is 0.465 e. The van der Waals surface area contributed by atoms with E-state index in [1.807, 2.05) is 39.8 Å². The van der Waals surface area contributed by atoms with Crippen molar-refractivity contribution in [3.05, 3.63) is 40.5 Å². The molecule has 1 saturated carbocycles. The van der Waals surface area contributed by atoms with Crippen molar-refractivity contribution in [3.8, 4) is 6.07 Å². The Balaban J connectivity index is 1.74. The lowest BCUT2D eigenvalue weighted by atomic mass is 9.95. The minimum Gasteiger partial charge on any atom is -0.465 e. The van der Waals surface area contributed by atoms with E-state index in [1.54, 1.807) is 0 Å². The number of nitrogens with one attached hydrogen (secondary N) is 2. The van der Waals surface area contributed by atoms with Gasteiger partial charge in [-0.15, -0.1) is 0 Å². The van der Waals surface area contributed by atoms with Crippen LogP contribution in [0, 0.1) is 32.1 Å². The molecular formula is C22H30N4O2. The SMILES string of the molecule is Cc1ccc(C(C)NCC(=O)Nc2c(C#N)c(C)c(C)n2C2CCCCC2)o1. The van der Waals surface area contributed by atoms with Crippen molar-refractivity contribution in [2.24, 2.45) is 0 Å². The summed E-state index contributed by atoms with van der Waals surface area (Å²) in [6.45, 7) is 8.02. The number of rotatable bonds is 6. The molecular weight excluding hydrogens is 352 g/mol. The standard InChI is InChI=1S/C22H30N4O2/c1-14-10-11-20(28-14)16(3)24-13-21(27)25-22-19(12-23)15(2)17(4)26(22)18-8-6-5-7-9-18/h10-11,16,18,24H,5-9,13H2,1-4H3,(H,25,27). The first-order valence-electron chi connectivity index (χ1n) is 10.1. The normalized spacial score (nSPS) is 16.0. The fourth-order valence-corrected chi connectivity index (χ4v) is 4.09. The van der Waals surface area contributed by atoms with Gasteiger partial charge in [0.2, 0.25) is 5.91 Å². The van der Waals surface area contributed by atoms with Crippen molar-refractivity contribution in [1.82, 2.24) is 9.88 Å². The zero-order valence-electron chi connectivity index (χ0n) is 17.3. The summed E-state index contributed by atoms with van der Waals surface area (Å²) in [5, 5.41) is 15.9. The van der Waals surface area contributed by atoms with Crippen molar-refractivity contribution in [2.75, 3.05) is 11.9 Å². The third-order valence-corrected chi connectivity index (χ3v) is 5.82. The Morgan fingerprint density at radius 3 is 2.61 bits per heavy atom. The Morgan fingerprint density at radius 2 is 2.00 bits per heavy atom. The van der Waals surface area contributed by atoms with Gasteiger partial charge < -0.3 is 14.3 Å². The summed E-state index contributed by atoms with van der Waals surface area (Å²) >= 11 is 0. The number of hydrogen-bond acceptors (Lipinski definition) is 4. The number of amides is 1. The zero-order chi connectivity index (χ0) is 20.3. The van der Waals surface area contributed by atoms with E-state index in [9.17, 15) is 10.1 Å². The first-order valence-corrected chi connectivity index (χ1v) is 10.1. The van der Waals surface area contributed by atoms with Crippen LogP contribution >= 0.6 is 0 Å². The molecule has 6 heteroatoms. The molecule has 2 heterocycles. The number of carbonyl (C=O) groups is 1. The third kappa shape index (κ3) is 4.15. The molecule has 1 fully saturated rings. The lowest BCUT2D eigenvalue weighted by Gasteiger charge is -2.27. The Hall–Kier alpha value is -2.52. The molecule has 1 unspecified atom stereocenters. The maximum atomic E-state index is 12.7. The summed E-state index contributed by atoms with van der Waals surface area (Å²) in [6, 6.07) is 6.40. The average Bonchev–Trinajstić information content (AvgIpc) is 3.22. The van der Waals surface area contributed by atoms with Crippen LogP contribution in [0.1, 0.15) is 79.5 Å². The molecule has 150 valence electrons. The monoisotopic (exact) mass is 382 g/mol. The van der Waals surface area contributed by atoms with E-state index in [-0.39, 0.29) is 18.5 Å².